The number of halogens is 1. The van der Waals surface area contributed by atoms with E-state index in [2.05, 4.69) is 15.3 Å². The average molecular weight is 344 g/mol. The molecule has 0 bridgehead atoms. The number of carbonyl (C=O) groups is 1. The van der Waals surface area contributed by atoms with Gasteiger partial charge in [-0.05, 0) is 37.5 Å². The van der Waals surface area contributed by atoms with Gasteiger partial charge in [-0.2, -0.15) is 0 Å². The van der Waals surface area contributed by atoms with Crippen molar-refractivity contribution in [2.45, 2.75) is 31.7 Å². The number of benzene rings is 1. The Morgan fingerprint density at radius 2 is 2.16 bits per heavy atom. The SMILES string of the molecule is COc1ccc(F)cc1-c1cc(NC(=O)C2CCCC(N)C2)ncn1. The molecule has 0 spiro atoms. The molecule has 132 valence electrons. The summed E-state index contributed by atoms with van der Waals surface area (Å²) in [6.07, 6.45) is 4.76. The molecule has 2 unspecified atom stereocenters. The molecule has 1 heterocycles. The number of nitrogens with zero attached hydrogens (tertiary/aromatic N) is 2. The van der Waals surface area contributed by atoms with Gasteiger partial charge in [0, 0.05) is 23.6 Å². The molecule has 3 rings (SSSR count). The maximum atomic E-state index is 13.6. The molecule has 7 heteroatoms. The zero-order valence-corrected chi connectivity index (χ0v) is 14.0. The lowest BCUT2D eigenvalue weighted by Gasteiger charge is -2.25. The number of nitrogens with two attached hydrogens (primary N) is 1. The molecular weight excluding hydrogens is 323 g/mol. The lowest BCUT2D eigenvalue weighted by Crippen LogP contribution is -2.34. The van der Waals surface area contributed by atoms with Gasteiger partial charge in [0.15, 0.2) is 0 Å². The van der Waals surface area contributed by atoms with Gasteiger partial charge in [-0.25, -0.2) is 14.4 Å². The molecule has 6 nitrogen and oxygen atoms in total. The van der Waals surface area contributed by atoms with Crippen molar-refractivity contribution in [2.75, 3.05) is 12.4 Å². The number of ether oxygens (including phenoxy) is 1. The van der Waals surface area contributed by atoms with E-state index in [1.165, 1.54) is 31.6 Å². The first-order valence-corrected chi connectivity index (χ1v) is 8.29. The minimum absolute atomic E-state index is 0.0713. The summed E-state index contributed by atoms with van der Waals surface area (Å²) in [5.41, 5.74) is 6.92. The molecule has 1 aromatic carbocycles. The zero-order chi connectivity index (χ0) is 17.8. The van der Waals surface area contributed by atoms with Crippen LogP contribution in [-0.4, -0.2) is 29.0 Å². The highest BCUT2D eigenvalue weighted by Crippen LogP contribution is 2.30. The number of methoxy groups -OCH3 is 1. The highest BCUT2D eigenvalue weighted by atomic mass is 19.1. The Bertz CT molecular complexity index is 768. The molecule has 0 saturated heterocycles. The Morgan fingerprint density at radius 3 is 2.92 bits per heavy atom. The Kier molecular flexibility index (Phi) is 5.23. The zero-order valence-electron chi connectivity index (χ0n) is 14.0. The first kappa shape index (κ1) is 17.3. The number of hydrogen-bond acceptors (Lipinski definition) is 5. The molecule has 0 radical (unpaired) electrons. The Balaban J connectivity index is 1.80. The van der Waals surface area contributed by atoms with Crippen molar-refractivity contribution in [2.24, 2.45) is 11.7 Å². The van der Waals surface area contributed by atoms with Gasteiger partial charge in [-0.15, -0.1) is 0 Å². The van der Waals surface area contributed by atoms with Gasteiger partial charge in [0.05, 0.1) is 12.8 Å². The summed E-state index contributed by atoms with van der Waals surface area (Å²) in [4.78, 5) is 20.7. The highest BCUT2D eigenvalue weighted by molar-refractivity contribution is 5.92. The molecule has 1 aliphatic carbocycles. The van der Waals surface area contributed by atoms with Crippen LogP contribution in [0.4, 0.5) is 10.2 Å². The molecule has 2 atom stereocenters. The van der Waals surface area contributed by atoms with Crippen LogP contribution in [-0.2, 0) is 4.79 Å². The molecule has 1 aliphatic rings. The lowest BCUT2D eigenvalue weighted by atomic mass is 9.85. The molecule has 0 aliphatic heterocycles. The van der Waals surface area contributed by atoms with Crippen molar-refractivity contribution >= 4 is 11.7 Å². The van der Waals surface area contributed by atoms with E-state index in [0.29, 0.717) is 29.2 Å². The van der Waals surface area contributed by atoms with Crippen molar-refractivity contribution in [1.29, 1.82) is 0 Å². The highest BCUT2D eigenvalue weighted by Gasteiger charge is 2.25. The number of carbonyl (C=O) groups excluding carboxylic acids is 1. The van der Waals surface area contributed by atoms with Crippen molar-refractivity contribution in [3.05, 3.63) is 36.4 Å². The van der Waals surface area contributed by atoms with E-state index in [4.69, 9.17) is 10.5 Å². The van der Waals surface area contributed by atoms with Crippen molar-refractivity contribution in [3.63, 3.8) is 0 Å². The smallest absolute Gasteiger partial charge is 0.228 e. The molecule has 3 N–H and O–H groups in total. The molecule has 1 fully saturated rings. The van der Waals surface area contributed by atoms with Crippen LogP contribution in [0.25, 0.3) is 11.3 Å². The lowest BCUT2D eigenvalue weighted by molar-refractivity contribution is -0.120. The van der Waals surface area contributed by atoms with Crippen molar-refractivity contribution < 1.29 is 13.9 Å². The minimum atomic E-state index is -0.392. The fraction of sp³-hybridized carbons (Fsp3) is 0.389. The fourth-order valence-electron chi connectivity index (χ4n) is 3.15. The molecule has 25 heavy (non-hydrogen) atoms. The third-order valence-corrected chi connectivity index (χ3v) is 4.44. The summed E-state index contributed by atoms with van der Waals surface area (Å²) in [5, 5.41) is 2.81. The van der Waals surface area contributed by atoms with Crippen LogP contribution in [0.1, 0.15) is 25.7 Å². The van der Waals surface area contributed by atoms with E-state index in [1.807, 2.05) is 0 Å². The van der Waals surface area contributed by atoms with Crippen molar-refractivity contribution in [1.82, 2.24) is 9.97 Å². The molecule has 1 amide bonds. The second-order valence-electron chi connectivity index (χ2n) is 6.25. The van der Waals surface area contributed by atoms with E-state index in [1.54, 1.807) is 6.07 Å². The summed E-state index contributed by atoms with van der Waals surface area (Å²) in [6, 6.07) is 5.87. The van der Waals surface area contributed by atoms with Gasteiger partial charge < -0.3 is 15.8 Å². The predicted molar refractivity (Wildman–Crippen MR) is 92.5 cm³/mol. The van der Waals surface area contributed by atoms with Gasteiger partial charge >= 0.3 is 0 Å². The third-order valence-electron chi connectivity index (χ3n) is 4.44. The Labute approximate surface area is 145 Å². The second kappa shape index (κ2) is 7.57. The predicted octanol–water partition coefficient (Wildman–Crippen LogP) is 2.75. The number of amides is 1. The molecule has 1 aromatic heterocycles. The maximum absolute atomic E-state index is 13.6. The van der Waals surface area contributed by atoms with Crippen LogP contribution in [0.15, 0.2) is 30.6 Å². The van der Waals surface area contributed by atoms with Gasteiger partial charge in [-0.3, -0.25) is 4.79 Å². The van der Waals surface area contributed by atoms with E-state index in [-0.39, 0.29) is 17.9 Å². The van der Waals surface area contributed by atoms with E-state index >= 15 is 0 Å². The number of hydrogen-bond donors (Lipinski definition) is 2. The van der Waals surface area contributed by atoms with Gasteiger partial charge in [0.2, 0.25) is 5.91 Å². The fourth-order valence-corrected chi connectivity index (χ4v) is 3.15. The van der Waals surface area contributed by atoms with E-state index in [0.717, 1.165) is 19.3 Å². The summed E-state index contributed by atoms with van der Waals surface area (Å²) >= 11 is 0. The van der Waals surface area contributed by atoms with Gasteiger partial charge in [0.1, 0.15) is 23.7 Å². The van der Waals surface area contributed by atoms with E-state index in [9.17, 15) is 9.18 Å². The van der Waals surface area contributed by atoms with Crippen molar-refractivity contribution in [3.8, 4) is 17.0 Å². The molecule has 1 saturated carbocycles. The number of anilines is 1. The largest absolute Gasteiger partial charge is 0.496 e. The quantitative estimate of drug-likeness (QED) is 0.890. The summed E-state index contributed by atoms with van der Waals surface area (Å²) in [7, 11) is 1.51. The van der Waals surface area contributed by atoms with E-state index < -0.39 is 5.82 Å². The summed E-state index contributed by atoms with van der Waals surface area (Å²) in [5.74, 6) is 0.282. The third kappa shape index (κ3) is 4.11. The Morgan fingerprint density at radius 1 is 1.32 bits per heavy atom. The first-order valence-electron chi connectivity index (χ1n) is 8.29. The molecular formula is C18H21FN4O2. The number of nitrogens with one attached hydrogen (secondary N) is 1. The monoisotopic (exact) mass is 344 g/mol. The average Bonchev–Trinajstić information content (AvgIpc) is 2.62. The number of aromatic nitrogens is 2. The van der Waals surface area contributed by atoms with Crippen LogP contribution in [0, 0.1) is 11.7 Å². The first-order chi connectivity index (χ1) is 12.1. The summed E-state index contributed by atoms with van der Waals surface area (Å²) in [6.45, 7) is 0. The van der Waals surface area contributed by atoms with Gasteiger partial charge in [0.25, 0.3) is 0 Å². The standard InChI is InChI=1S/C18H21FN4O2/c1-25-16-6-5-12(19)8-14(16)15-9-17(22-10-21-15)23-18(24)11-3-2-4-13(20)7-11/h5-6,8-11,13H,2-4,7,20H2,1H3,(H,21,22,23,24). The maximum Gasteiger partial charge on any atom is 0.228 e. The summed E-state index contributed by atoms with van der Waals surface area (Å²) < 4.78 is 18.8. The Hall–Kier alpha value is -2.54. The van der Waals surface area contributed by atoms with Crippen LogP contribution in [0.3, 0.4) is 0 Å². The van der Waals surface area contributed by atoms with Crippen LogP contribution in [0.5, 0.6) is 5.75 Å². The minimum Gasteiger partial charge on any atom is -0.496 e. The topological polar surface area (TPSA) is 90.1 Å². The molecule has 2 aromatic rings. The van der Waals surface area contributed by atoms with Crippen LogP contribution >= 0.6 is 0 Å². The van der Waals surface area contributed by atoms with Crippen LogP contribution in [0.2, 0.25) is 0 Å². The van der Waals surface area contributed by atoms with Gasteiger partial charge in [-0.1, -0.05) is 6.42 Å². The van der Waals surface area contributed by atoms with Crippen LogP contribution < -0.4 is 15.8 Å². The normalized spacial score (nSPS) is 20.1. The number of rotatable bonds is 4. The second-order valence-corrected chi connectivity index (χ2v) is 6.25.